The summed E-state index contributed by atoms with van der Waals surface area (Å²) in [6, 6.07) is 8.00. The molecule has 0 aliphatic rings. The van der Waals surface area contributed by atoms with E-state index in [1.165, 1.54) is 7.11 Å². The molecule has 0 bridgehead atoms. The zero-order chi connectivity index (χ0) is 14.0. The maximum atomic E-state index is 11.7. The van der Waals surface area contributed by atoms with Gasteiger partial charge in [-0.25, -0.2) is 4.79 Å². The zero-order valence-electron chi connectivity index (χ0n) is 10.9. The Balaban J connectivity index is 0.00000137. The van der Waals surface area contributed by atoms with E-state index in [9.17, 15) is 4.79 Å². The average Bonchev–Trinajstić information content (AvgIpc) is 2.43. The van der Waals surface area contributed by atoms with E-state index in [0.29, 0.717) is 24.6 Å². The fraction of sp³-hybridized carbons (Fsp3) is 0.417. The van der Waals surface area contributed by atoms with Crippen LogP contribution in [0.4, 0.5) is 4.79 Å². The van der Waals surface area contributed by atoms with Crippen LogP contribution in [0.1, 0.15) is 13.8 Å². The average molecular weight is 323 g/mol. The van der Waals surface area contributed by atoms with Crippen LogP contribution in [-0.4, -0.2) is 31.2 Å². The summed E-state index contributed by atoms with van der Waals surface area (Å²) < 4.78 is 10.3. The number of hydrogen-bond donors (Lipinski definition) is 0. The molecule has 1 amide bonds. The van der Waals surface area contributed by atoms with Crippen molar-refractivity contribution >= 4 is 15.8 Å². The molecular formula is C12H16ClNO3Zn. The van der Waals surface area contributed by atoms with Crippen molar-refractivity contribution in [2.75, 3.05) is 20.2 Å². The summed E-state index contributed by atoms with van der Waals surface area (Å²) in [6.07, 6.45) is -0.384. The van der Waals surface area contributed by atoms with Gasteiger partial charge >= 0.3 is 33.1 Å². The van der Waals surface area contributed by atoms with Gasteiger partial charge in [-0.1, -0.05) is 0 Å². The number of methoxy groups -OCH3 is 1. The summed E-state index contributed by atoms with van der Waals surface area (Å²) in [5.41, 5.74) is 0. The second kappa shape index (κ2) is 10.2. The van der Waals surface area contributed by atoms with Crippen molar-refractivity contribution in [3.05, 3.63) is 24.3 Å². The molecule has 0 aromatic heterocycles. The number of benzene rings is 1. The fourth-order valence-corrected chi connectivity index (χ4v) is 1.28. The normalized spacial score (nSPS) is 9.00. The molecule has 0 saturated carbocycles. The van der Waals surface area contributed by atoms with E-state index >= 15 is 0 Å². The zero-order valence-corrected chi connectivity index (χ0v) is 14.6. The van der Waals surface area contributed by atoms with Gasteiger partial charge in [-0.05, 0) is 13.8 Å². The predicted octanol–water partition coefficient (Wildman–Crippen LogP) is 3.02. The third-order valence-corrected chi connectivity index (χ3v) is 2.21. The third-order valence-electron chi connectivity index (χ3n) is 2.21. The van der Waals surface area contributed by atoms with Crippen LogP contribution < -0.4 is 9.47 Å². The van der Waals surface area contributed by atoms with Crippen LogP contribution in [0.15, 0.2) is 18.2 Å². The quantitative estimate of drug-likeness (QED) is 0.631. The van der Waals surface area contributed by atoms with Crippen molar-refractivity contribution in [2.24, 2.45) is 0 Å². The summed E-state index contributed by atoms with van der Waals surface area (Å²) in [6.45, 7) is 5.03. The molecule has 1 aromatic rings. The Bertz CT molecular complexity index is 359. The Kier molecular flexibility index (Phi) is 9.71. The molecule has 96 valence electrons. The predicted molar refractivity (Wildman–Crippen MR) is 66.6 cm³/mol. The molecule has 0 fully saturated rings. The van der Waals surface area contributed by atoms with E-state index in [1.807, 2.05) is 13.8 Å². The molecule has 0 unspecified atom stereocenters. The first-order chi connectivity index (χ1) is 8.72. The number of amides is 1. The summed E-state index contributed by atoms with van der Waals surface area (Å²) in [5, 5.41) is 0. The van der Waals surface area contributed by atoms with Gasteiger partial charge in [0, 0.05) is 18.8 Å². The van der Waals surface area contributed by atoms with Gasteiger partial charge in [0.2, 0.25) is 0 Å². The monoisotopic (exact) mass is 321 g/mol. The van der Waals surface area contributed by atoms with E-state index < -0.39 is 0 Å². The number of rotatable bonds is 4. The third kappa shape index (κ3) is 5.24. The van der Waals surface area contributed by atoms with Crippen molar-refractivity contribution in [1.82, 2.24) is 4.90 Å². The van der Waals surface area contributed by atoms with Gasteiger partial charge in [0.25, 0.3) is 0 Å². The van der Waals surface area contributed by atoms with Crippen molar-refractivity contribution < 1.29 is 31.6 Å². The molecule has 0 aliphatic carbocycles. The second-order valence-corrected chi connectivity index (χ2v) is 3.11. The van der Waals surface area contributed by atoms with E-state index in [0.717, 1.165) is 17.3 Å². The molecule has 1 aromatic carbocycles. The Hall–Kier alpha value is -0.797. The summed E-state index contributed by atoms with van der Waals surface area (Å²) in [7, 11) is 6.29. The number of hydrogen-bond acceptors (Lipinski definition) is 3. The second-order valence-electron chi connectivity index (χ2n) is 3.11. The van der Waals surface area contributed by atoms with Crippen LogP contribution in [0.3, 0.4) is 0 Å². The maximum absolute atomic E-state index is 11.7. The molecule has 0 heterocycles. The van der Waals surface area contributed by atoms with Gasteiger partial charge in [-0.15, -0.1) is 12.1 Å². The minimum absolute atomic E-state index is 0.321. The fourth-order valence-electron chi connectivity index (χ4n) is 1.28. The Morgan fingerprint density at radius 1 is 1.44 bits per heavy atom. The number of carbonyl (C=O) groups is 1. The molecule has 0 spiro atoms. The topological polar surface area (TPSA) is 38.8 Å². The summed E-state index contributed by atoms with van der Waals surface area (Å²) in [4.78, 5) is 13.3. The van der Waals surface area contributed by atoms with E-state index in [-0.39, 0.29) is 6.09 Å². The van der Waals surface area contributed by atoms with Crippen LogP contribution in [0, 0.1) is 6.07 Å². The van der Waals surface area contributed by atoms with Gasteiger partial charge in [0.15, 0.2) is 0 Å². The Morgan fingerprint density at radius 2 is 2.06 bits per heavy atom. The van der Waals surface area contributed by atoms with Crippen LogP contribution in [0.2, 0.25) is 0 Å². The van der Waals surface area contributed by atoms with Crippen molar-refractivity contribution in [3.63, 3.8) is 0 Å². The Morgan fingerprint density at radius 3 is 2.56 bits per heavy atom. The first-order valence-corrected chi connectivity index (χ1v) is 9.41. The molecule has 1 rings (SSSR count). The summed E-state index contributed by atoms with van der Waals surface area (Å²) >= 11 is 0.847. The number of ether oxygens (including phenoxy) is 2. The van der Waals surface area contributed by atoms with Gasteiger partial charge < -0.3 is 14.4 Å². The van der Waals surface area contributed by atoms with Crippen molar-refractivity contribution in [2.45, 2.75) is 13.8 Å². The van der Waals surface area contributed by atoms with E-state index in [4.69, 9.17) is 19.2 Å². The SMILES string of the molecule is CCN(CC)C(=O)Oc1[c-]cccc1OC.[Cl][Zn+]. The van der Waals surface area contributed by atoms with Gasteiger partial charge in [0.1, 0.15) is 0 Å². The molecule has 18 heavy (non-hydrogen) atoms. The standard InChI is InChI=1S/C12H16NO3.ClH.Zn/c1-4-13(5-2)12(14)16-11-9-7-6-8-10(11)15-3;;/h6-8H,4-5H2,1-3H3;1H;/q-1;;+2/p-1. The minimum atomic E-state index is -0.384. The van der Waals surface area contributed by atoms with Crippen LogP contribution in [0.25, 0.3) is 0 Å². The number of para-hydroxylation sites is 1. The molecule has 6 heteroatoms. The van der Waals surface area contributed by atoms with Crippen LogP contribution in [-0.2, 0) is 17.3 Å². The summed E-state index contributed by atoms with van der Waals surface area (Å²) in [5.74, 6) is 0.824. The van der Waals surface area contributed by atoms with Crippen LogP contribution in [0.5, 0.6) is 11.5 Å². The number of carbonyl (C=O) groups excluding carboxylic acids is 1. The number of nitrogens with zero attached hydrogens (tertiary/aromatic N) is 1. The molecule has 0 radical (unpaired) electrons. The van der Waals surface area contributed by atoms with Crippen molar-refractivity contribution in [3.8, 4) is 11.5 Å². The molecule has 0 saturated heterocycles. The molecule has 0 aliphatic heterocycles. The first-order valence-electron chi connectivity index (χ1n) is 5.51. The Labute approximate surface area is 122 Å². The molecule has 0 N–H and O–H groups in total. The van der Waals surface area contributed by atoms with Gasteiger partial charge in [0.05, 0.1) is 12.9 Å². The molecular weight excluding hydrogens is 307 g/mol. The molecule has 0 atom stereocenters. The van der Waals surface area contributed by atoms with E-state index in [2.05, 4.69) is 6.07 Å². The van der Waals surface area contributed by atoms with E-state index in [1.54, 1.807) is 23.1 Å². The van der Waals surface area contributed by atoms with Gasteiger partial charge in [-0.2, -0.15) is 12.1 Å². The first kappa shape index (κ1) is 17.2. The van der Waals surface area contributed by atoms with Crippen LogP contribution >= 0.6 is 9.69 Å². The molecule has 4 nitrogen and oxygen atoms in total. The van der Waals surface area contributed by atoms with Crippen molar-refractivity contribution in [1.29, 1.82) is 0 Å². The van der Waals surface area contributed by atoms with Gasteiger partial charge in [-0.3, -0.25) is 0 Å². The number of halogens is 1.